The van der Waals surface area contributed by atoms with Crippen molar-refractivity contribution in [1.82, 2.24) is 19.8 Å². The molecule has 192 valence electrons. The minimum atomic E-state index is -0.459. The highest BCUT2D eigenvalue weighted by Gasteiger charge is 2.25. The number of nitrogens with one attached hydrogen (secondary N) is 1. The first-order chi connectivity index (χ1) is 17.3. The number of anilines is 2. The molecule has 1 aromatic carbocycles. The smallest absolute Gasteiger partial charge is 0.282 e. The Bertz CT molecular complexity index is 1240. The van der Waals surface area contributed by atoms with Gasteiger partial charge < -0.3 is 16.0 Å². The van der Waals surface area contributed by atoms with Crippen molar-refractivity contribution in [3.63, 3.8) is 0 Å². The molecule has 0 unspecified atom stereocenters. The first-order valence-corrected chi connectivity index (χ1v) is 14.1. The number of hydrogen-bond donors (Lipinski definition) is 2. The first kappa shape index (κ1) is 26.2. The summed E-state index contributed by atoms with van der Waals surface area (Å²) < 4.78 is 0. The Kier molecular flexibility index (Phi) is 8.38. The van der Waals surface area contributed by atoms with Crippen LogP contribution in [-0.4, -0.2) is 63.8 Å². The van der Waals surface area contributed by atoms with Gasteiger partial charge in [0.15, 0.2) is 10.1 Å². The zero-order chi connectivity index (χ0) is 25.8. The van der Waals surface area contributed by atoms with Crippen molar-refractivity contribution in [1.29, 1.82) is 0 Å². The molecule has 0 radical (unpaired) electrons. The maximum atomic E-state index is 13.2. The molecule has 0 spiro atoms. The third-order valence-electron chi connectivity index (χ3n) is 6.42. The fourth-order valence-corrected chi connectivity index (χ4v) is 6.18. The zero-order valence-electron chi connectivity index (χ0n) is 21.3. The molecule has 4 rings (SSSR count). The quantitative estimate of drug-likeness (QED) is 0.431. The van der Waals surface area contributed by atoms with Crippen molar-refractivity contribution in [2.45, 2.75) is 53.0 Å². The Morgan fingerprint density at radius 1 is 1.17 bits per heavy atom. The molecule has 10 heteroatoms. The molecule has 2 amide bonds. The van der Waals surface area contributed by atoms with E-state index in [1.54, 1.807) is 12.1 Å². The van der Waals surface area contributed by atoms with Crippen LogP contribution >= 0.6 is 22.7 Å². The summed E-state index contributed by atoms with van der Waals surface area (Å²) in [6.07, 6.45) is 2.83. The fraction of sp³-hybridized carbons (Fsp3) is 0.462. The van der Waals surface area contributed by atoms with Crippen LogP contribution in [0.25, 0.3) is 10.6 Å². The van der Waals surface area contributed by atoms with Crippen LogP contribution in [0.4, 0.5) is 10.8 Å². The highest BCUT2D eigenvalue weighted by atomic mass is 32.1. The van der Waals surface area contributed by atoms with Gasteiger partial charge in [-0.05, 0) is 51.3 Å². The van der Waals surface area contributed by atoms with Crippen LogP contribution in [0.2, 0.25) is 0 Å². The van der Waals surface area contributed by atoms with E-state index in [0.717, 1.165) is 73.0 Å². The van der Waals surface area contributed by atoms with Gasteiger partial charge in [-0.1, -0.05) is 19.4 Å². The molecule has 1 aliphatic heterocycles. The van der Waals surface area contributed by atoms with Crippen molar-refractivity contribution in [3.05, 3.63) is 45.4 Å². The van der Waals surface area contributed by atoms with Gasteiger partial charge in [0.25, 0.3) is 5.91 Å². The molecule has 3 heterocycles. The van der Waals surface area contributed by atoms with Crippen molar-refractivity contribution in [2.75, 3.05) is 31.5 Å². The molecule has 3 N–H and O–H groups in total. The van der Waals surface area contributed by atoms with E-state index in [1.165, 1.54) is 22.7 Å². The highest BCUT2D eigenvalue weighted by molar-refractivity contribution is 7.18. The van der Waals surface area contributed by atoms with Gasteiger partial charge in [0.1, 0.15) is 0 Å². The summed E-state index contributed by atoms with van der Waals surface area (Å²) in [6, 6.07) is 5.97. The third-order valence-corrected chi connectivity index (χ3v) is 8.35. The first-order valence-electron chi connectivity index (χ1n) is 12.4. The van der Waals surface area contributed by atoms with E-state index in [-0.39, 0.29) is 5.91 Å². The van der Waals surface area contributed by atoms with Crippen molar-refractivity contribution >= 4 is 45.3 Å². The molecule has 1 saturated heterocycles. The van der Waals surface area contributed by atoms with Crippen LogP contribution in [0.3, 0.4) is 0 Å². The standard InChI is InChI=1S/C26H34N6O2S2/c1-5-7-18-8-9-19(23(27)33)14-20(18)29-26-30-21(15-35-26)22-17(4)28-24(36-22)25(34)32-11-6-10-31(12-13-32)16(2)3/h8-9,14-16H,5-7,10-13H2,1-4H3,(H2,27,33)(H,29,30). The second-order valence-corrected chi connectivity index (χ2v) is 11.2. The summed E-state index contributed by atoms with van der Waals surface area (Å²) in [5, 5.41) is 6.57. The number of benzene rings is 1. The molecule has 0 saturated carbocycles. The number of nitrogens with zero attached hydrogens (tertiary/aromatic N) is 4. The number of carbonyl (C=O) groups is 2. The number of thiazole rings is 2. The van der Waals surface area contributed by atoms with Crippen LogP contribution in [0, 0.1) is 6.92 Å². The maximum Gasteiger partial charge on any atom is 0.282 e. The molecule has 36 heavy (non-hydrogen) atoms. The SMILES string of the molecule is CCCc1ccc(C(N)=O)cc1Nc1nc(-c2sc(C(=O)N3CCCN(C(C)C)CC3)nc2C)cs1. The van der Waals surface area contributed by atoms with Crippen LogP contribution < -0.4 is 11.1 Å². The summed E-state index contributed by atoms with van der Waals surface area (Å²) in [4.78, 5) is 39.6. The molecule has 2 aromatic heterocycles. The number of nitrogens with two attached hydrogens (primary N) is 1. The topological polar surface area (TPSA) is 104 Å². The molecule has 0 bridgehead atoms. The van der Waals surface area contributed by atoms with Crippen LogP contribution in [0.15, 0.2) is 23.6 Å². The second kappa shape index (κ2) is 11.5. The largest absolute Gasteiger partial charge is 0.366 e. The average molecular weight is 527 g/mol. The lowest BCUT2D eigenvalue weighted by atomic mass is 10.0. The number of hydrogen-bond acceptors (Lipinski definition) is 8. The summed E-state index contributed by atoms with van der Waals surface area (Å²) in [7, 11) is 0. The summed E-state index contributed by atoms with van der Waals surface area (Å²) in [5.41, 5.74) is 9.49. The predicted octanol–water partition coefficient (Wildman–Crippen LogP) is 4.93. The third kappa shape index (κ3) is 5.93. The van der Waals surface area contributed by atoms with Gasteiger partial charge in [0, 0.05) is 48.9 Å². The molecule has 0 aliphatic carbocycles. The van der Waals surface area contributed by atoms with Crippen molar-refractivity contribution in [3.8, 4) is 10.6 Å². The Hall–Kier alpha value is -2.82. The van der Waals surface area contributed by atoms with Crippen molar-refractivity contribution in [2.24, 2.45) is 5.73 Å². The van der Waals surface area contributed by atoms with Gasteiger partial charge >= 0.3 is 0 Å². The van der Waals surface area contributed by atoms with Gasteiger partial charge in [-0.3, -0.25) is 14.5 Å². The van der Waals surface area contributed by atoms with Gasteiger partial charge in [0.05, 0.1) is 16.3 Å². The number of aryl methyl sites for hydroxylation is 2. The molecule has 0 atom stereocenters. The normalized spacial score (nSPS) is 14.8. The fourth-order valence-electron chi connectivity index (χ4n) is 4.40. The number of aromatic nitrogens is 2. The van der Waals surface area contributed by atoms with E-state index in [1.807, 2.05) is 23.3 Å². The molecule has 3 aromatic rings. The second-order valence-electron chi connectivity index (χ2n) is 9.36. The summed E-state index contributed by atoms with van der Waals surface area (Å²) in [5.74, 6) is -0.458. The van der Waals surface area contributed by atoms with Crippen LogP contribution in [0.5, 0.6) is 0 Å². The number of carbonyl (C=O) groups excluding carboxylic acids is 2. The van der Waals surface area contributed by atoms with Crippen LogP contribution in [-0.2, 0) is 6.42 Å². The maximum absolute atomic E-state index is 13.2. The molecule has 8 nitrogen and oxygen atoms in total. The van der Waals surface area contributed by atoms with Gasteiger partial charge in [0.2, 0.25) is 5.91 Å². The molecular weight excluding hydrogens is 492 g/mol. The van der Waals surface area contributed by atoms with E-state index in [9.17, 15) is 9.59 Å². The van der Waals surface area contributed by atoms with Crippen LogP contribution in [0.1, 0.15) is 65.0 Å². The Balaban J connectivity index is 1.51. The van der Waals surface area contributed by atoms with Crippen molar-refractivity contribution < 1.29 is 9.59 Å². The average Bonchev–Trinajstić information content (AvgIpc) is 3.37. The lowest BCUT2D eigenvalue weighted by molar-refractivity contribution is 0.0758. The Labute approximate surface area is 220 Å². The molecule has 1 aliphatic rings. The summed E-state index contributed by atoms with van der Waals surface area (Å²) >= 11 is 2.88. The minimum absolute atomic E-state index is 0.000934. The van der Waals surface area contributed by atoms with E-state index in [4.69, 9.17) is 10.7 Å². The summed E-state index contributed by atoms with van der Waals surface area (Å²) in [6.45, 7) is 11.8. The zero-order valence-corrected chi connectivity index (χ0v) is 23.0. The monoisotopic (exact) mass is 526 g/mol. The van der Waals surface area contributed by atoms with E-state index in [0.29, 0.717) is 21.7 Å². The van der Waals surface area contributed by atoms with Gasteiger partial charge in [-0.25, -0.2) is 9.97 Å². The van der Waals surface area contributed by atoms with Gasteiger partial charge in [-0.2, -0.15) is 0 Å². The Morgan fingerprint density at radius 3 is 2.69 bits per heavy atom. The minimum Gasteiger partial charge on any atom is -0.366 e. The van der Waals surface area contributed by atoms with E-state index >= 15 is 0 Å². The lowest BCUT2D eigenvalue weighted by Gasteiger charge is -2.24. The Morgan fingerprint density at radius 2 is 1.97 bits per heavy atom. The highest BCUT2D eigenvalue weighted by Crippen LogP contribution is 2.34. The van der Waals surface area contributed by atoms with E-state index < -0.39 is 5.91 Å². The number of amides is 2. The molecular formula is C26H34N6O2S2. The lowest BCUT2D eigenvalue weighted by Crippen LogP contribution is -2.37. The number of rotatable bonds is 8. The van der Waals surface area contributed by atoms with E-state index in [2.05, 4.69) is 36.0 Å². The predicted molar refractivity (Wildman–Crippen MR) is 147 cm³/mol. The molecule has 1 fully saturated rings. The number of primary amides is 1. The van der Waals surface area contributed by atoms with Gasteiger partial charge in [-0.15, -0.1) is 22.7 Å².